The molecule has 1 aromatic rings. The predicted octanol–water partition coefficient (Wildman–Crippen LogP) is 4.41. The third-order valence-electron chi connectivity index (χ3n) is 6.56. The summed E-state index contributed by atoms with van der Waals surface area (Å²) in [6.07, 6.45) is 8.08. The standard InChI is InChI=1S/C21H28N2O2/c1-3-25-19-6-4-18(5-7-19)20(24)23-22-14(2)21-11-15-8-16(12-21)10-17(9-15)13-21/h4-7,15-17H,3,8-13H2,1-2H3,(H,23,24). The summed E-state index contributed by atoms with van der Waals surface area (Å²) in [5.74, 6) is 3.30. The molecule has 1 N–H and O–H groups in total. The minimum absolute atomic E-state index is 0.146. The Morgan fingerprint density at radius 3 is 2.20 bits per heavy atom. The Morgan fingerprint density at radius 2 is 1.68 bits per heavy atom. The first-order valence-corrected chi connectivity index (χ1v) is 9.66. The van der Waals surface area contributed by atoms with E-state index in [0.717, 1.165) is 29.2 Å². The summed E-state index contributed by atoms with van der Waals surface area (Å²) in [6, 6.07) is 7.23. The minimum Gasteiger partial charge on any atom is -0.494 e. The summed E-state index contributed by atoms with van der Waals surface area (Å²) in [5.41, 5.74) is 4.78. The monoisotopic (exact) mass is 340 g/mol. The molecular formula is C21H28N2O2. The number of hydrogen-bond donors (Lipinski definition) is 1. The summed E-state index contributed by atoms with van der Waals surface area (Å²) in [5, 5.41) is 4.54. The second-order valence-corrected chi connectivity index (χ2v) is 8.29. The van der Waals surface area contributed by atoms with Crippen LogP contribution in [0, 0.1) is 23.2 Å². The fraction of sp³-hybridized carbons (Fsp3) is 0.619. The van der Waals surface area contributed by atoms with Gasteiger partial charge < -0.3 is 4.74 Å². The van der Waals surface area contributed by atoms with Crippen molar-refractivity contribution < 1.29 is 9.53 Å². The van der Waals surface area contributed by atoms with E-state index in [-0.39, 0.29) is 11.3 Å². The number of carbonyl (C=O) groups excluding carboxylic acids is 1. The lowest BCUT2D eigenvalue weighted by Crippen LogP contribution is -2.49. The fourth-order valence-electron chi connectivity index (χ4n) is 5.74. The van der Waals surface area contributed by atoms with E-state index in [1.54, 1.807) is 12.1 Å². The van der Waals surface area contributed by atoms with Gasteiger partial charge in [0.15, 0.2) is 0 Å². The van der Waals surface area contributed by atoms with Gasteiger partial charge in [-0.3, -0.25) is 4.79 Å². The summed E-state index contributed by atoms with van der Waals surface area (Å²) >= 11 is 0. The highest BCUT2D eigenvalue weighted by Gasteiger charge is 2.52. The van der Waals surface area contributed by atoms with Gasteiger partial charge in [0.2, 0.25) is 0 Å². The van der Waals surface area contributed by atoms with Crippen LogP contribution in [0.4, 0.5) is 0 Å². The van der Waals surface area contributed by atoms with E-state index in [9.17, 15) is 4.79 Å². The average molecular weight is 340 g/mol. The lowest BCUT2D eigenvalue weighted by atomic mass is 9.48. The first-order valence-electron chi connectivity index (χ1n) is 9.66. The van der Waals surface area contributed by atoms with Gasteiger partial charge in [0.25, 0.3) is 5.91 Å². The number of nitrogens with zero attached hydrogens (tertiary/aromatic N) is 1. The van der Waals surface area contributed by atoms with Gasteiger partial charge in [-0.25, -0.2) is 5.43 Å². The van der Waals surface area contributed by atoms with Gasteiger partial charge in [-0.05, 0) is 94.4 Å². The van der Waals surface area contributed by atoms with Crippen LogP contribution in [0.25, 0.3) is 0 Å². The van der Waals surface area contributed by atoms with Crippen molar-refractivity contribution in [3.63, 3.8) is 0 Å². The third-order valence-corrected chi connectivity index (χ3v) is 6.56. The smallest absolute Gasteiger partial charge is 0.271 e. The van der Waals surface area contributed by atoms with Crippen LogP contribution in [0.1, 0.15) is 62.7 Å². The molecule has 134 valence electrons. The highest BCUT2D eigenvalue weighted by atomic mass is 16.5. The average Bonchev–Trinajstić information content (AvgIpc) is 2.59. The van der Waals surface area contributed by atoms with E-state index in [2.05, 4.69) is 17.5 Å². The Morgan fingerprint density at radius 1 is 1.12 bits per heavy atom. The number of benzene rings is 1. The zero-order chi connectivity index (χ0) is 17.4. The Hall–Kier alpha value is -1.84. The SMILES string of the molecule is CCOc1ccc(C(=O)NN=C(C)C23CC4CC(CC(C4)C2)C3)cc1. The van der Waals surface area contributed by atoms with Crippen molar-refractivity contribution in [3.8, 4) is 5.75 Å². The van der Waals surface area contributed by atoms with Gasteiger partial charge >= 0.3 is 0 Å². The van der Waals surface area contributed by atoms with Crippen molar-refractivity contribution in [1.82, 2.24) is 5.43 Å². The number of ether oxygens (including phenoxy) is 1. The molecule has 5 rings (SSSR count). The molecule has 1 aromatic carbocycles. The molecule has 0 unspecified atom stereocenters. The number of amides is 1. The quantitative estimate of drug-likeness (QED) is 0.638. The van der Waals surface area contributed by atoms with Gasteiger partial charge in [-0.1, -0.05) is 0 Å². The summed E-state index contributed by atoms with van der Waals surface area (Å²) in [6.45, 7) is 4.69. The molecule has 4 saturated carbocycles. The topological polar surface area (TPSA) is 50.7 Å². The van der Waals surface area contributed by atoms with Gasteiger partial charge in [0, 0.05) is 16.7 Å². The summed E-state index contributed by atoms with van der Waals surface area (Å²) in [7, 11) is 0. The minimum atomic E-state index is -0.146. The van der Waals surface area contributed by atoms with Crippen LogP contribution in [0.5, 0.6) is 5.75 Å². The molecule has 0 radical (unpaired) electrons. The Bertz CT molecular complexity index is 642. The molecule has 4 fully saturated rings. The summed E-state index contributed by atoms with van der Waals surface area (Å²) in [4.78, 5) is 12.4. The van der Waals surface area contributed by atoms with Crippen LogP contribution < -0.4 is 10.2 Å². The molecule has 0 aliphatic heterocycles. The first-order chi connectivity index (χ1) is 12.1. The molecular weight excluding hydrogens is 312 g/mol. The Kier molecular flexibility index (Phi) is 4.30. The number of rotatable bonds is 5. The van der Waals surface area contributed by atoms with Crippen molar-refractivity contribution in [2.24, 2.45) is 28.3 Å². The van der Waals surface area contributed by atoms with E-state index in [0.29, 0.717) is 12.2 Å². The third kappa shape index (κ3) is 3.19. The number of hydrazone groups is 1. The van der Waals surface area contributed by atoms with Gasteiger partial charge in [0.05, 0.1) is 6.61 Å². The molecule has 0 spiro atoms. The maximum absolute atomic E-state index is 12.4. The molecule has 4 aliphatic rings. The zero-order valence-electron chi connectivity index (χ0n) is 15.3. The molecule has 25 heavy (non-hydrogen) atoms. The normalized spacial score (nSPS) is 33.4. The largest absolute Gasteiger partial charge is 0.494 e. The predicted molar refractivity (Wildman–Crippen MR) is 98.8 cm³/mol. The number of nitrogens with one attached hydrogen (secondary N) is 1. The van der Waals surface area contributed by atoms with E-state index < -0.39 is 0 Å². The fourth-order valence-corrected chi connectivity index (χ4v) is 5.74. The number of hydrogen-bond acceptors (Lipinski definition) is 3. The highest BCUT2D eigenvalue weighted by molar-refractivity contribution is 5.96. The van der Waals surface area contributed by atoms with Gasteiger partial charge in [0.1, 0.15) is 5.75 Å². The zero-order valence-corrected chi connectivity index (χ0v) is 15.3. The molecule has 4 heteroatoms. The lowest BCUT2D eigenvalue weighted by molar-refractivity contribution is -0.0128. The van der Waals surface area contributed by atoms with Crippen molar-refractivity contribution in [3.05, 3.63) is 29.8 Å². The van der Waals surface area contributed by atoms with Gasteiger partial charge in [-0.2, -0.15) is 5.10 Å². The molecule has 0 atom stereocenters. The van der Waals surface area contributed by atoms with Gasteiger partial charge in [-0.15, -0.1) is 0 Å². The molecule has 4 aliphatic carbocycles. The van der Waals surface area contributed by atoms with E-state index >= 15 is 0 Å². The summed E-state index contributed by atoms with van der Waals surface area (Å²) < 4.78 is 5.42. The van der Waals surface area contributed by atoms with Crippen LogP contribution in [-0.2, 0) is 0 Å². The lowest BCUT2D eigenvalue weighted by Gasteiger charge is -2.56. The van der Waals surface area contributed by atoms with Crippen LogP contribution >= 0.6 is 0 Å². The second kappa shape index (κ2) is 6.47. The molecule has 0 saturated heterocycles. The Labute approximate surface area is 150 Å². The van der Waals surface area contributed by atoms with E-state index in [1.165, 1.54) is 38.5 Å². The molecule has 4 bridgehead atoms. The van der Waals surface area contributed by atoms with Crippen LogP contribution in [0.3, 0.4) is 0 Å². The maximum atomic E-state index is 12.4. The molecule has 0 heterocycles. The van der Waals surface area contributed by atoms with Crippen LogP contribution in [0.2, 0.25) is 0 Å². The van der Waals surface area contributed by atoms with Crippen LogP contribution in [0.15, 0.2) is 29.4 Å². The van der Waals surface area contributed by atoms with Crippen molar-refractivity contribution in [1.29, 1.82) is 0 Å². The maximum Gasteiger partial charge on any atom is 0.271 e. The molecule has 1 amide bonds. The molecule has 4 nitrogen and oxygen atoms in total. The first kappa shape index (κ1) is 16.6. The highest BCUT2D eigenvalue weighted by Crippen LogP contribution is 2.60. The van der Waals surface area contributed by atoms with Crippen molar-refractivity contribution in [2.45, 2.75) is 52.4 Å². The number of carbonyl (C=O) groups is 1. The van der Waals surface area contributed by atoms with Crippen molar-refractivity contribution >= 4 is 11.6 Å². The second-order valence-electron chi connectivity index (χ2n) is 8.29. The Balaban J connectivity index is 1.43. The van der Waals surface area contributed by atoms with Crippen molar-refractivity contribution in [2.75, 3.05) is 6.61 Å². The molecule has 0 aromatic heterocycles. The van der Waals surface area contributed by atoms with E-state index in [4.69, 9.17) is 4.74 Å². The van der Waals surface area contributed by atoms with E-state index in [1.807, 2.05) is 19.1 Å². The van der Waals surface area contributed by atoms with Crippen LogP contribution in [-0.4, -0.2) is 18.2 Å².